The molecule has 18 heavy (non-hydrogen) atoms. The summed E-state index contributed by atoms with van der Waals surface area (Å²) in [7, 11) is 6.25. The Bertz CT molecular complexity index is 334. The predicted octanol–water partition coefficient (Wildman–Crippen LogP) is 3.98. The Kier molecular flexibility index (Phi) is 6.81. The van der Waals surface area contributed by atoms with E-state index in [4.69, 9.17) is 0 Å². The third-order valence-corrected chi connectivity index (χ3v) is 3.48. The van der Waals surface area contributed by atoms with Gasteiger partial charge in [-0.1, -0.05) is 44.7 Å². The summed E-state index contributed by atoms with van der Waals surface area (Å²) in [5.74, 6) is 0. The predicted molar refractivity (Wildman–Crippen MR) is 81.3 cm³/mol. The molecule has 2 heteroatoms. The van der Waals surface area contributed by atoms with Gasteiger partial charge in [0.25, 0.3) is 0 Å². The van der Waals surface area contributed by atoms with E-state index in [0.29, 0.717) is 6.04 Å². The van der Waals surface area contributed by atoms with Crippen LogP contribution in [0.1, 0.15) is 50.6 Å². The monoisotopic (exact) mass is 248 g/mol. The highest BCUT2D eigenvalue weighted by Gasteiger charge is 2.09. The summed E-state index contributed by atoms with van der Waals surface area (Å²) in [6.45, 7) is 2.26. The molecule has 0 amide bonds. The van der Waals surface area contributed by atoms with E-state index in [0.717, 1.165) is 0 Å². The molecule has 0 heterocycles. The molecule has 1 unspecified atom stereocenters. The molecule has 0 spiro atoms. The largest absolute Gasteiger partial charge is 0.378 e. The van der Waals surface area contributed by atoms with Gasteiger partial charge in [0.15, 0.2) is 0 Å². The summed E-state index contributed by atoms with van der Waals surface area (Å²) in [6.07, 6.45) is 6.55. The smallest absolute Gasteiger partial charge is 0.0364 e. The molecule has 0 aliphatic carbocycles. The van der Waals surface area contributed by atoms with Crippen molar-refractivity contribution in [3.8, 4) is 0 Å². The lowest BCUT2D eigenvalue weighted by Crippen LogP contribution is -2.17. The Morgan fingerprint density at radius 1 is 1.17 bits per heavy atom. The normalized spacial score (nSPS) is 12.4. The van der Waals surface area contributed by atoms with Crippen molar-refractivity contribution in [1.29, 1.82) is 0 Å². The zero-order chi connectivity index (χ0) is 13.4. The van der Waals surface area contributed by atoms with Gasteiger partial charge < -0.3 is 10.2 Å². The molecular formula is C16H28N2. The van der Waals surface area contributed by atoms with Crippen LogP contribution in [0.3, 0.4) is 0 Å². The van der Waals surface area contributed by atoms with E-state index in [1.165, 1.54) is 43.4 Å². The molecule has 0 saturated heterocycles. The van der Waals surface area contributed by atoms with Crippen LogP contribution in [0.25, 0.3) is 0 Å². The quantitative estimate of drug-likeness (QED) is 0.700. The summed E-state index contributed by atoms with van der Waals surface area (Å²) in [5.41, 5.74) is 2.68. The molecule has 0 radical (unpaired) electrons. The summed E-state index contributed by atoms with van der Waals surface area (Å²) < 4.78 is 0. The van der Waals surface area contributed by atoms with Crippen molar-refractivity contribution in [2.45, 2.75) is 45.1 Å². The van der Waals surface area contributed by atoms with Gasteiger partial charge >= 0.3 is 0 Å². The number of hydrogen-bond donors (Lipinski definition) is 1. The fraction of sp³-hybridized carbons (Fsp3) is 0.625. The van der Waals surface area contributed by atoms with Crippen LogP contribution in [0.2, 0.25) is 0 Å². The molecule has 0 aliphatic heterocycles. The SMILES string of the molecule is CCCCCCC(NC)c1cccc(N(C)C)c1. The molecule has 0 aromatic heterocycles. The number of benzene rings is 1. The van der Waals surface area contributed by atoms with E-state index in [1.807, 2.05) is 0 Å². The number of hydrogen-bond acceptors (Lipinski definition) is 2. The van der Waals surface area contributed by atoms with Crippen LogP contribution in [0.5, 0.6) is 0 Å². The van der Waals surface area contributed by atoms with E-state index in [2.05, 4.69) is 62.5 Å². The van der Waals surface area contributed by atoms with Gasteiger partial charge in [0.05, 0.1) is 0 Å². The molecule has 102 valence electrons. The van der Waals surface area contributed by atoms with Gasteiger partial charge in [0, 0.05) is 25.8 Å². The van der Waals surface area contributed by atoms with Crippen molar-refractivity contribution in [2.24, 2.45) is 0 Å². The van der Waals surface area contributed by atoms with Gasteiger partial charge in [0.1, 0.15) is 0 Å². The number of nitrogens with one attached hydrogen (secondary N) is 1. The van der Waals surface area contributed by atoms with E-state index in [-0.39, 0.29) is 0 Å². The Labute approximate surface area is 112 Å². The van der Waals surface area contributed by atoms with Crippen molar-refractivity contribution in [3.63, 3.8) is 0 Å². The molecule has 1 N–H and O–H groups in total. The lowest BCUT2D eigenvalue weighted by molar-refractivity contribution is 0.505. The van der Waals surface area contributed by atoms with E-state index in [1.54, 1.807) is 0 Å². The topological polar surface area (TPSA) is 15.3 Å². The molecule has 0 bridgehead atoms. The van der Waals surface area contributed by atoms with Crippen molar-refractivity contribution in [2.75, 3.05) is 26.0 Å². The maximum atomic E-state index is 3.44. The second kappa shape index (κ2) is 8.15. The Morgan fingerprint density at radius 3 is 2.56 bits per heavy atom. The minimum Gasteiger partial charge on any atom is -0.378 e. The summed E-state index contributed by atoms with van der Waals surface area (Å²) >= 11 is 0. The van der Waals surface area contributed by atoms with Crippen molar-refractivity contribution in [1.82, 2.24) is 5.32 Å². The number of anilines is 1. The fourth-order valence-corrected chi connectivity index (χ4v) is 2.27. The van der Waals surface area contributed by atoms with E-state index in [9.17, 15) is 0 Å². The van der Waals surface area contributed by atoms with Crippen LogP contribution in [0, 0.1) is 0 Å². The molecule has 0 aliphatic rings. The first-order chi connectivity index (χ1) is 8.69. The van der Waals surface area contributed by atoms with Gasteiger partial charge in [-0.2, -0.15) is 0 Å². The zero-order valence-corrected chi connectivity index (χ0v) is 12.4. The molecule has 0 fully saturated rings. The second-order valence-corrected chi connectivity index (χ2v) is 5.18. The van der Waals surface area contributed by atoms with Crippen molar-refractivity contribution in [3.05, 3.63) is 29.8 Å². The van der Waals surface area contributed by atoms with Crippen molar-refractivity contribution >= 4 is 5.69 Å². The van der Waals surface area contributed by atoms with Crippen LogP contribution in [0.15, 0.2) is 24.3 Å². The third-order valence-electron chi connectivity index (χ3n) is 3.48. The Morgan fingerprint density at radius 2 is 1.94 bits per heavy atom. The minimum atomic E-state index is 0.488. The van der Waals surface area contributed by atoms with Crippen LogP contribution in [-0.2, 0) is 0 Å². The molecular weight excluding hydrogens is 220 g/mol. The first-order valence-electron chi connectivity index (χ1n) is 7.13. The Balaban J connectivity index is 2.60. The van der Waals surface area contributed by atoms with E-state index >= 15 is 0 Å². The van der Waals surface area contributed by atoms with Crippen LogP contribution in [-0.4, -0.2) is 21.1 Å². The van der Waals surface area contributed by atoms with Crippen LogP contribution in [0.4, 0.5) is 5.69 Å². The van der Waals surface area contributed by atoms with Gasteiger partial charge in [0.2, 0.25) is 0 Å². The molecule has 1 aromatic carbocycles. The molecule has 1 atom stereocenters. The van der Waals surface area contributed by atoms with Gasteiger partial charge in [-0.05, 0) is 31.2 Å². The van der Waals surface area contributed by atoms with Crippen LogP contribution >= 0.6 is 0 Å². The highest BCUT2D eigenvalue weighted by atomic mass is 15.1. The zero-order valence-electron chi connectivity index (χ0n) is 12.4. The maximum absolute atomic E-state index is 3.44. The number of nitrogens with zero attached hydrogens (tertiary/aromatic N) is 1. The maximum Gasteiger partial charge on any atom is 0.0364 e. The molecule has 1 aromatic rings. The lowest BCUT2D eigenvalue weighted by Gasteiger charge is -2.19. The number of rotatable bonds is 8. The van der Waals surface area contributed by atoms with E-state index < -0.39 is 0 Å². The summed E-state index contributed by atoms with van der Waals surface area (Å²) in [4.78, 5) is 2.16. The van der Waals surface area contributed by atoms with Gasteiger partial charge in [-0.15, -0.1) is 0 Å². The first-order valence-corrected chi connectivity index (χ1v) is 7.13. The Hall–Kier alpha value is -1.02. The fourth-order valence-electron chi connectivity index (χ4n) is 2.27. The molecule has 1 rings (SSSR count). The highest BCUT2D eigenvalue weighted by Crippen LogP contribution is 2.23. The molecule has 0 saturated carbocycles. The number of unbranched alkanes of at least 4 members (excludes halogenated alkanes) is 3. The summed E-state index contributed by atoms with van der Waals surface area (Å²) in [6, 6.07) is 9.32. The standard InChI is InChI=1S/C16H28N2/c1-5-6-7-8-12-16(17-2)14-10-9-11-15(13-14)18(3)4/h9-11,13,16-17H,5-8,12H2,1-4H3. The molecule has 2 nitrogen and oxygen atoms in total. The average Bonchev–Trinajstić information content (AvgIpc) is 2.39. The van der Waals surface area contributed by atoms with Gasteiger partial charge in [-0.25, -0.2) is 0 Å². The van der Waals surface area contributed by atoms with Gasteiger partial charge in [-0.3, -0.25) is 0 Å². The lowest BCUT2D eigenvalue weighted by atomic mass is 9.99. The highest BCUT2D eigenvalue weighted by molar-refractivity contribution is 5.47. The third kappa shape index (κ3) is 4.69. The van der Waals surface area contributed by atoms with Crippen LogP contribution < -0.4 is 10.2 Å². The minimum absolute atomic E-state index is 0.488. The summed E-state index contributed by atoms with van der Waals surface area (Å²) in [5, 5.41) is 3.44. The average molecular weight is 248 g/mol. The van der Waals surface area contributed by atoms with Crippen molar-refractivity contribution < 1.29 is 0 Å². The second-order valence-electron chi connectivity index (χ2n) is 5.18. The first kappa shape index (κ1) is 15.0.